The Hall–Kier alpha value is -2.07. The molecule has 2 atom stereocenters. The van der Waals surface area contributed by atoms with E-state index in [4.69, 9.17) is 0 Å². The molecule has 30 heavy (non-hydrogen) atoms. The van der Waals surface area contributed by atoms with Crippen molar-refractivity contribution in [2.24, 2.45) is 5.92 Å². The van der Waals surface area contributed by atoms with E-state index in [2.05, 4.69) is 75.4 Å². The largest absolute Gasteiger partial charge is 0.198 e. The summed E-state index contributed by atoms with van der Waals surface area (Å²) < 4.78 is 0. The fraction of sp³-hybridized carbons (Fsp3) is 0.552. The van der Waals surface area contributed by atoms with Crippen LogP contribution in [0.3, 0.4) is 0 Å². The van der Waals surface area contributed by atoms with E-state index in [1.807, 2.05) is 0 Å². The molecule has 0 heterocycles. The van der Waals surface area contributed by atoms with Crippen LogP contribution in [0.1, 0.15) is 102 Å². The van der Waals surface area contributed by atoms with Crippen molar-refractivity contribution >= 4 is 0 Å². The van der Waals surface area contributed by atoms with Crippen molar-refractivity contribution in [1.29, 1.82) is 5.26 Å². The van der Waals surface area contributed by atoms with Crippen LogP contribution in [0.25, 0.3) is 11.1 Å². The van der Waals surface area contributed by atoms with Gasteiger partial charge in [0, 0.05) is 0 Å². The van der Waals surface area contributed by atoms with Crippen molar-refractivity contribution < 1.29 is 0 Å². The van der Waals surface area contributed by atoms with Crippen LogP contribution in [0, 0.1) is 17.2 Å². The van der Waals surface area contributed by atoms with Crippen LogP contribution in [-0.2, 0) is 6.42 Å². The smallest absolute Gasteiger partial charge is 0.0715 e. The summed E-state index contributed by atoms with van der Waals surface area (Å²) in [4.78, 5) is 0. The Morgan fingerprint density at radius 2 is 1.27 bits per heavy atom. The standard InChI is InChI=1S/C29H41N/c1-4-6-7-8-9-10-11-12-13-25-14-16-26(17-15-25)27-18-20-28(21-19-27)29(23-30)22-24(3)5-2/h14-21,24,29H,4-13,22H2,1-3H3. The van der Waals surface area contributed by atoms with E-state index >= 15 is 0 Å². The highest BCUT2D eigenvalue weighted by molar-refractivity contribution is 5.64. The van der Waals surface area contributed by atoms with Gasteiger partial charge in [-0.2, -0.15) is 5.26 Å². The zero-order valence-electron chi connectivity index (χ0n) is 19.5. The lowest BCUT2D eigenvalue weighted by Crippen LogP contribution is -2.02. The number of benzene rings is 2. The molecule has 0 spiro atoms. The minimum Gasteiger partial charge on any atom is -0.198 e. The molecule has 2 aromatic rings. The molecule has 0 aliphatic heterocycles. The second-order valence-corrected chi connectivity index (χ2v) is 8.97. The topological polar surface area (TPSA) is 23.8 Å². The normalized spacial score (nSPS) is 13.0. The van der Waals surface area contributed by atoms with Gasteiger partial charge in [0.05, 0.1) is 12.0 Å². The minimum absolute atomic E-state index is 0.00280. The maximum atomic E-state index is 9.54. The molecule has 1 nitrogen and oxygen atoms in total. The first-order valence-corrected chi connectivity index (χ1v) is 12.3. The van der Waals surface area contributed by atoms with Gasteiger partial charge in [-0.1, -0.05) is 121 Å². The van der Waals surface area contributed by atoms with Crippen molar-refractivity contribution in [3.8, 4) is 17.2 Å². The van der Waals surface area contributed by atoms with Crippen LogP contribution in [-0.4, -0.2) is 0 Å². The molecule has 0 bridgehead atoms. The Morgan fingerprint density at radius 1 is 0.733 bits per heavy atom. The summed E-state index contributed by atoms with van der Waals surface area (Å²) in [6.07, 6.45) is 14.2. The Morgan fingerprint density at radius 3 is 1.80 bits per heavy atom. The van der Waals surface area contributed by atoms with E-state index in [-0.39, 0.29) is 5.92 Å². The van der Waals surface area contributed by atoms with Crippen LogP contribution < -0.4 is 0 Å². The molecular formula is C29H41N. The van der Waals surface area contributed by atoms with Crippen LogP contribution in [0.2, 0.25) is 0 Å². The summed E-state index contributed by atoms with van der Waals surface area (Å²) in [5, 5.41) is 9.54. The second-order valence-electron chi connectivity index (χ2n) is 8.97. The number of nitrogens with zero attached hydrogens (tertiary/aromatic N) is 1. The lowest BCUT2D eigenvalue weighted by atomic mass is 9.88. The first kappa shape index (κ1) is 24.2. The summed E-state index contributed by atoms with van der Waals surface area (Å²) in [5.41, 5.74) is 5.08. The molecule has 0 fully saturated rings. The third-order valence-electron chi connectivity index (χ3n) is 6.41. The molecule has 2 rings (SSSR count). The van der Waals surface area contributed by atoms with Gasteiger partial charge in [-0.15, -0.1) is 0 Å². The van der Waals surface area contributed by atoms with Crippen molar-refractivity contribution in [3.63, 3.8) is 0 Å². The van der Waals surface area contributed by atoms with Crippen LogP contribution in [0.4, 0.5) is 0 Å². The van der Waals surface area contributed by atoms with Gasteiger partial charge in [0.1, 0.15) is 0 Å². The molecule has 0 saturated heterocycles. The van der Waals surface area contributed by atoms with Crippen molar-refractivity contribution in [2.75, 3.05) is 0 Å². The van der Waals surface area contributed by atoms with Gasteiger partial charge in [-0.05, 0) is 47.4 Å². The summed E-state index contributed by atoms with van der Waals surface area (Å²) in [5.74, 6) is 0.589. The van der Waals surface area contributed by atoms with Gasteiger partial charge in [0.15, 0.2) is 0 Å². The van der Waals surface area contributed by atoms with E-state index in [0.29, 0.717) is 5.92 Å². The second kappa shape index (κ2) is 14.0. The Balaban J connectivity index is 1.81. The molecule has 0 aliphatic carbocycles. The monoisotopic (exact) mass is 403 g/mol. The molecule has 0 radical (unpaired) electrons. The van der Waals surface area contributed by atoms with Gasteiger partial charge in [0.25, 0.3) is 0 Å². The zero-order valence-corrected chi connectivity index (χ0v) is 19.5. The quantitative estimate of drug-likeness (QED) is 0.288. The van der Waals surface area contributed by atoms with E-state index < -0.39 is 0 Å². The van der Waals surface area contributed by atoms with Crippen molar-refractivity contribution in [3.05, 3.63) is 59.7 Å². The highest BCUT2D eigenvalue weighted by Gasteiger charge is 2.14. The molecule has 0 aliphatic rings. The van der Waals surface area contributed by atoms with Gasteiger partial charge in [-0.3, -0.25) is 0 Å². The van der Waals surface area contributed by atoms with Gasteiger partial charge in [-0.25, -0.2) is 0 Å². The first-order chi connectivity index (χ1) is 14.7. The molecule has 0 amide bonds. The average molecular weight is 404 g/mol. The van der Waals surface area contributed by atoms with Crippen LogP contribution in [0.5, 0.6) is 0 Å². The first-order valence-electron chi connectivity index (χ1n) is 12.3. The number of hydrogen-bond donors (Lipinski definition) is 0. The predicted molar refractivity (Wildman–Crippen MR) is 131 cm³/mol. The fourth-order valence-electron chi connectivity index (χ4n) is 4.07. The molecule has 0 N–H and O–H groups in total. The number of unbranched alkanes of at least 4 members (excludes halogenated alkanes) is 7. The van der Waals surface area contributed by atoms with Crippen LogP contribution >= 0.6 is 0 Å². The Kier molecular flexibility index (Phi) is 11.3. The highest BCUT2D eigenvalue weighted by atomic mass is 14.3. The maximum Gasteiger partial charge on any atom is 0.0715 e. The van der Waals surface area contributed by atoms with E-state index in [1.165, 1.54) is 74.5 Å². The third-order valence-corrected chi connectivity index (χ3v) is 6.41. The molecule has 0 saturated carbocycles. The highest BCUT2D eigenvalue weighted by Crippen LogP contribution is 2.28. The predicted octanol–water partition coefficient (Wildman–Crippen LogP) is 9.08. The van der Waals surface area contributed by atoms with E-state index in [0.717, 1.165) is 18.4 Å². The van der Waals surface area contributed by atoms with Crippen molar-refractivity contribution in [2.45, 2.75) is 97.3 Å². The molecule has 0 aromatic heterocycles. The van der Waals surface area contributed by atoms with Gasteiger partial charge >= 0.3 is 0 Å². The van der Waals surface area contributed by atoms with Gasteiger partial charge < -0.3 is 0 Å². The molecule has 2 unspecified atom stereocenters. The fourth-order valence-corrected chi connectivity index (χ4v) is 4.07. The van der Waals surface area contributed by atoms with Crippen molar-refractivity contribution in [1.82, 2.24) is 0 Å². The summed E-state index contributed by atoms with van der Waals surface area (Å²) in [6.45, 7) is 6.70. The number of nitriles is 1. The lowest BCUT2D eigenvalue weighted by Gasteiger charge is -2.14. The molecule has 162 valence electrons. The Labute approximate surface area is 185 Å². The summed E-state index contributed by atoms with van der Waals surface area (Å²) >= 11 is 0. The lowest BCUT2D eigenvalue weighted by molar-refractivity contribution is 0.494. The SMILES string of the molecule is CCCCCCCCCCc1ccc(-c2ccc(C(C#N)CC(C)CC)cc2)cc1. The van der Waals surface area contributed by atoms with E-state index in [1.54, 1.807) is 0 Å². The maximum absolute atomic E-state index is 9.54. The van der Waals surface area contributed by atoms with Gasteiger partial charge in [0.2, 0.25) is 0 Å². The van der Waals surface area contributed by atoms with Crippen LogP contribution in [0.15, 0.2) is 48.5 Å². The summed E-state index contributed by atoms with van der Waals surface area (Å²) in [7, 11) is 0. The average Bonchev–Trinajstić information content (AvgIpc) is 2.79. The molecule has 1 heteroatoms. The zero-order chi connectivity index (χ0) is 21.6. The number of aryl methyl sites for hydroxylation is 1. The molecule has 2 aromatic carbocycles. The Bertz CT molecular complexity index is 735. The third kappa shape index (κ3) is 8.35. The van der Waals surface area contributed by atoms with E-state index in [9.17, 15) is 5.26 Å². The minimum atomic E-state index is 0.00280. The number of rotatable bonds is 14. The summed E-state index contributed by atoms with van der Waals surface area (Å²) in [6, 6.07) is 20.2. The molecular weight excluding hydrogens is 362 g/mol. The number of hydrogen-bond acceptors (Lipinski definition) is 1.